The Hall–Kier alpha value is -0.610. The number of hydrogen-bond acceptors (Lipinski definition) is 4. The molecule has 0 aromatic heterocycles. The molecule has 0 unspecified atom stereocenters. The zero-order valence-corrected chi connectivity index (χ0v) is 9.46. The van der Waals surface area contributed by atoms with Gasteiger partial charge in [-0.05, 0) is 20.8 Å². The standard InChI is InChI=1S/C10H20O4/c1-5-14-10(3,4)8-12-6-7-13-9(2)11/h5-8H2,1-4H3. The summed E-state index contributed by atoms with van der Waals surface area (Å²) < 4.78 is 15.4. The third kappa shape index (κ3) is 8.01. The molecule has 0 radical (unpaired) electrons. The lowest BCUT2D eigenvalue weighted by Crippen LogP contribution is -2.31. The summed E-state index contributed by atoms with van der Waals surface area (Å²) in [5.74, 6) is -0.280. The van der Waals surface area contributed by atoms with E-state index in [-0.39, 0.29) is 11.6 Å². The molecule has 0 rings (SSSR count). The lowest BCUT2D eigenvalue weighted by Gasteiger charge is -2.24. The molecule has 4 nitrogen and oxygen atoms in total. The lowest BCUT2D eigenvalue weighted by atomic mass is 10.1. The van der Waals surface area contributed by atoms with Gasteiger partial charge in [0.2, 0.25) is 0 Å². The van der Waals surface area contributed by atoms with Crippen molar-refractivity contribution >= 4 is 5.97 Å². The molecule has 0 aromatic carbocycles. The first-order valence-corrected chi connectivity index (χ1v) is 4.83. The summed E-state index contributed by atoms with van der Waals surface area (Å²) >= 11 is 0. The van der Waals surface area contributed by atoms with Crippen molar-refractivity contribution in [3.8, 4) is 0 Å². The Balaban J connectivity index is 3.39. The largest absolute Gasteiger partial charge is 0.463 e. The molecule has 0 aliphatic heterocycles. The Labute approximate surface area is 85.5 Å². The Bertz CT molecular complexity index is 166. The molecule has 0 fully saturated rings. The van der Waals surface area contributed by atoms with Crippen molar-refractivity contribution in [2.24, 2.45) is 0 Å². The average molecular weight is 204 g/mol. The summed E-state index contributed by atoms with van der Waals surface area (Å²) in [5, 5.41) is 0. The fraction of sp³-hybridized carbons (Fsp3) is 0.900. The smallest absolute Gasteiger partial charge is 0.302 e. The SMILES string of the molecule is CCOC(C)(C)COCCOC(C)=O. The first kappa shape index (κ1) is 13.4. The van der Waals surface area contributed by atoms with E-state index in [4.69, 9.17) is 14.2 Å². The van der Waals surface area contributed by atoms with Crippen LogP contribution in [-0.4, -0.2) is 38.0 Å². The highest BCUT2D eigenvalue weighted by atomic mass is 16.6. The van der Waals surface area contributed by atoms with Crippen LogP contribution in [0.4, 0.5) is 0 Å². The van der Waals surface area contributed by atoms with E-state index in [0.29, 0.717) is 26.4 Å². The molecule has 0 bridgehead atoms. The first-order valence-electron chi connectivity index (χ1n) is 4.83. The van der Waals surface area contributed by atoms with Crippen LogP contribution in [0.5, 0.6) is 0 Å². The third-order valence-electron chi connectivity index (χ3n) is 1.52. The molecule has 0 saturated heterocycles. The monoisotopic (exact) mass is 204 g/mol. The van der Waals surface area contributed by atoms with Gasteiger partial charge in [0, 0.05) is 13.5 Å². The molecule has 14 heavy (non-hydrogen) atoms. The molecule has 84 valence electrons. The minimum Gasteiger partial charge on any atom is -0.463 e. The zero-order valence-electron chi connectivity index (χ0n) is 9.46. The van der Waals surface area contributed by atoms with Gasteiger partial charge in [-0.1, -0.05) is 0 Å². The number of ether oxygens (including phenoxy) is 3. The molecule has 0 spiro atoms. The van der Waals surface area contributed by atoms with Crippen LogP contribution in [0.15, 0.2) is 0 Å². The number of rotatable bonds is 7. The predicted octanol–water partition coefficient (Wildman–Crippen LogP) is 1.38. The van der Waals surface area contributed by atoms with Gasteiger partial charge in [-0.15, -0.1) is 0 Å². The van der Waals surface area contributed by atoms with Crippen molar-refractivity contribution < 1.29 is 19.0 Å². The van der Waals surface area contributed by atoms with E-state index in [9.17, 15) is 4.79 Å². The molecule has 4 heteroatoms. The number of carbonyl (C=O) groups is 1. The quantitative estimate of drug-likeness (QED) is 0.464. The molecule has 0 aliphatic rings. The van der Waals surface area contributed by atoms with E-state index in [1.165, 1.54) is 6.92 Å². The van der Waals surface area contributed by atoms with Gasteiger partial charge in [-0.2, -0.15) is 0 Å². The van der Waals surface area contributed by atoms with Gasteiger partial charge in [-0.3, -0.25) is 4.79 Å². The Morgan fingerprint density at radius 2 is 1.93 bits per heavy atom. The maximum Gasteiger partial charge on any atom is 0.302 e. The van der Waals surface area contributed by atoms with Crippen molar-refractivity contribution in [1.29, 1.82) is 0 Å². The second-order valence-corrected chi connectivity index (χ2v) is 3.59. The molecule has 0 saturated carbocycles. The van der Waals surface area contributed by atoms with E-state index in [2.05, 4.69) is 0 Å². The summed E-state index contributed by atoms with van der Waals surface area (Å²) in [6.07, 6.45) is 0. The fourth-order valence-corrected chi connectivity index (χ4v) is 0.995. The van der Waals surface area contributed by atoms with Crippen molar-refractivity contribution in [3.63, 3.8) is 0 Å². The molecule has 0 aromatic rings. The first-order chi connectivity index (χ1) is 6.48. The van der Waals surface area contributed by atoms with Crippen LogP contribution in [0.3, 0.4) is 0 Å². The van der Waals surface area contributed by atoms with Crippen LogP contribution in [0.2, 0.25) is 0 Å². The maximum absolute atomic E-state index is 10.4. The zero-order chi connectivity index (χ0) is 11.0. The van der Waals surface area contributed by atoms with E-state index in [1.807, 2.05) is 20.8 Å². The van der Waals surface area contributed by atoms with Gasteiger partial charge < -0.3 is 14.2 Å². The Morgan fingerprint density at radius 3 is 2.43 bits per heavy atom. The van der Waals surface area contributed by atoms with Gasteiger partial charge in [-0.25, -0.2) is 0 Å². The third-order valence-corrected chi connectivity index (χ3v) is 1.52. The molecule has 0 amide bonds. The molecular weight excluding hydrogens is 184 g/mol. The minimum absolute atomic E-state index is 0.273. The fourth-order valence-electron chi connectivity index (χ4n) is 0.995. The molecule has 0 atom stereocenters. The topological polar surface area (TPSA) is 44.8 Å². The highest BCUT2D eigenvalue weighted by Crippen LogP contribution is 2.08. The highest BCUT2D eigenvalue weighted by Gasteiger charge is 2.17. The van der Waals surface area contributed by atoms with Gasteiger partial charge in [0.1, 0.15) is 6.61 Å². The van der Waals surface area contributed by atoms with Crippen LogP contribution >= 0.6 is 0 Å². The van der Waals surface area contributed by atoms with Crippen molar-refractivity contribution in [3.05, 3.63) is 0 Å². The summed E-state index contributed by atoms with van der Waals surface area (Å²) in [6.45, 7) is 9.13. The van der Waals surface area contributed by atoms with E-state index >= 15 is 0 Å². The van der Waals surface area contributed by atoms with Crippen molar-refractivity contribution in [2.75, 3.05) is 26.4 Å². The summed E-state index contributed by atoms with van der Waals surface area (Å²) in [7, 11) is 0. The number of esters is 1. The molecular formula is C10H20O4. The van der Waals surface area contributed by atoms with Crippen LogP contribution in [0.25, 0.3) is 0 Å². The summed E-state index contributed by atoms with van der Waals surface area (Å²) in [6, 6.07) is 0. The molecule has 0 aliphatic carbocycles. The van der Waals surface area contributed by atoms with E-state index in [0.717, 1.165) is 0 Å². The second-order valence-electron chi connectivity index (χ2n) is 3.59. The summed E-state index contributed by atoms with van der Waals surface area (Å²) in [5.41, 5.74) is -0.273. The second kappa shape index (κ2) is 6.79. The van der Waals surface area contributed by atoms with Gasteiger partial charge in [0.15, 0.2) is 0 Å². The van der Waals surface area contributed by atoms with Gasteiger partial charge in [0.25, 0.3) is 0 Å². The van der Waals surface area contributed by atoms with Crippen molar-refractivity contribution in [2.45, 2.75) is 33.3 Å². The van der Waals surface area contributed by atoms with E-state index in [1.54, 1.807) is 0 Å². The van der Waals surface area contributed by atoms with Gasteiger partial charge >= 0.3 is 5.97 Å². The average Bonchev–Trinajstić information content (AvgIpc) is 2.02. The molecule has 0 heterocycles. The molecule has 0 N–H and O–H groups in total. The normalized spacial score (nSPS) is 11.4. The van der Waals surface area contributed by atoms with Crippen LogP contribution in [0.1, 0.15) is 27.7 Å². The summed E-state index contributed by atoms with van der Waals surface area (Å²) in [4.78, 5) is 10.4. The highest BCUT2D eigenvalue weighted by molar-refractivity contribution is 5.65. The Morgan fingerprint density at radius 1 is 1.29 bits per heavy atom. The van der Waals surface area contributed by atoms with Crippen LogP contribution < -0.4 is 0 Å². The lowest BCUT2D eigenvalue weighted by molar-refractivity contribution is -0.143. The van der Waals surface area contributed by atoms with Gasteiger partial charge in [0.05, 0.1) is 18.8 Å². The van der Waals surface area contributed by atoms with Crippen LogP contribution in [-0.2, 0) is 19.0 Å². The van der Waals surface area contributed by atoms with Crippen LogP contribution in [0, 0.1) is 0 Å². The van der Waals surface area contributed by atoms with E-state index < -0.39 is 0 Å². The maximum atomic E-state index is 10.4. The number of carbonyl (C=O) groups excluding carboxylic acids is 1. The minimum atomic E-state index is -0.280. The Kier molecular flexibility index (Phi) is 6.49. The predicted molar refractivity (Wildman–Crippen MR) is 53.2 cm³/mol. The van der Waals surface area contributed by atoms with Crippen molar-refractivity contribution in [1.82, 2.24) is 0 Å². The number of hydrogen-bond donors (Lipinski definition) is 0.